The molecule has 0 saturated carbocycles. The second kappa shape index (κ2) is 6.03. The first-order valence-electron chi connectivity index (χ1n) is 6.96. The number of aromatic nitrogens is 1. The van der Waals surface area contributed by atoms with Crippen LogP contribution in [0.3, 0.4) is 0 Å². The van der Waals surface area contributed by atoms with Crippen molar-refractivity contribution >= 4 is 5.82 Å². The summed E-state index contributed by atoms with van der Waals surface area (Å²) in [6.45, 7) is 4.37. The summed E-state index contributed by atoms with van der Waals surface area (Å²) < 4.78 is 0. The Morgan fingerprint density at radius 1 is 1.42 bits per heavy atom. The fourth-order valence-electron chi connectivity index (χ4n) is 2.29. The van der Waals surface area contributed by atoms with Gasteiger partial charge in [-0.05, 0) is 43.2 Å². The Balaban J connectivity index is 2.17. The molecule has 0 spiro atoms. The number of rotatable bonds is 4. The van der Waals surface area contributed by atoms with E-state index in [0.717, 1.165) is 18.5 Å². The number of hydrogen-bond donors (Lipinski definition) is 2. The molecule has 2 rings (SSSR count). The van der Waals surface area contributed by atoms with Gasteiger partial charge < -0.3 is 10.4 Å². The highest BCUT2D eigenvalue weighted by atomic mass is 16.3. The summed E-state index contributed by atoms with van der Waals surface area (Å²) in [7, 11) is 0. The van der Waals surface area contributed by atoms with Gasteiger partial charge in [0.05, 0.1) is 11.7 Å². The van der Waals surface area contributed by atoms with Gasteiger partial charge in [0.15, 0.2) is 0 Å². The van der Waals surface area contributed by atoms with Crippen molar-refractivity contribution in [2.24, 2.45) is 5.92 Å². The first-order chi connectivity index (χ1) is 9.11. The van der Waals surface area contributed by atoms with Crippen LogP contribution in [-0.4, -0.2) is 22.7 Å². The third kappa shape index (κ3) is 3.24. The van der Waals surface area contributed by atoms with E-state index in [-0.39, 0.29) is 5.92 Å². The number of aliphatic hydroxyl groups is 1. The molecule has 0 bridgehead atoms. The van der Waals surface area contributed by atoms with E-state index in [0.29, 0.717) is 17.9 Å². The number of hydrogen-bond acceptors (Lipinski definition) is 4. The molecule has 0 aromatic carbocycles. The van der Waals surface area contributed by atoms with E-state index in [1.54, 1.807) is 0 Å². The maximum Gasteiger partial charge on any atom is 0.144 e. The molecule has 0 aliphatic heterocycles. The molecule has 1 aliphatic carbocycles. The molecule has 1 unspecified atom stereocenters. The number of nitrogens with zero attached hydrogens (tertiary/aromatic N) is 2. The molecule has 1 aromatic heterocycles. The second-order valence-corrected chi connectivity index (χ2v) is 5.50. The average molecular weight is 259 g/mol. The monoisotopic (exact) mass is 259 g/mol. The van der Waals surface area contributed by atoms with Crippen LogP contribution in [0.15, 0.2) is 6.07 Å². The molecule has 1 aromatic rings. The number of anilines is 1. The van der Waals surface area contributed by atoms with Crippen molar-refractivity contribution < 1.29 is 5.11 Å². The molecule has 4 heteroatoms. The van der Waals surface area contributed by atoms with Crippen molar-refractivity contribution in [1.29, 1.82) is 5.26 Å². The quantitative estimate of drug-likeness (QED) is 0.870. The molecule has 1 aliphatic rings. The second-order valence-electron chi connectivity index (χ2n) is 5.50. The lowest BCUT2D eigenvalue weighted by Crippen LogP contribution is -2.25. The summed E-state index contributed by atoms with van der Waals surface area (Å²) in [5.41, 5.74) is 2.89. The molecular formula is C15H21N3O. The van der Waals surface area contributed by atoms with Crippen LogP contribution in [0.2, 0.25) is 0 Å². The molecule has 1 atom stereocenters. The molecular weight excluding hydrogens is 238 g/mol. The predicted molar refractivity (Wildman–Crippen MR) is 74.9 cm³/mol. The summed E-state index contributed by atoms with van der Waals surface area (Å²) >= 11 is 0. The van der Waals surface area contributed by atoms with Gasteiger partial charge in [-0.15, -0.1) is 0 Å². The van der Waals surface area contributed by atoms with Crippen LogP contribution in [0.1, 0.15) is 43.5 Å². The SMILES string of the molecule is CC(C)C(O)CNc1nc2c(cc1C#N)CCCC2. The van der Waals surface area contributed by atoms with Crippen LogP contribution in [-0.2, 0) is 12.8 Å². The Morgan fingerprint density at radius 2 is 2.16 bits per heavy atom. The van der Waals surface area contributed by atoms with Crippen molar-refractivity contribution in [3.05, 3.63) is 22.9 Å². The van der Waals surface area contributed by atoms with Gasteiger partial charge in [-0.3, -0.25) is 0 Å². The lowest BCUT2D eigenvalue weighted by Gasteiger charge is -2.19. The van der Waals surface area contributed by atoms with Crippen molar-refractivity contribution in [3.8, 4) is 6.07 Å². The zero-order chi connectivity index (χ0) is 13.8. The van der Waals surface area contributed by atoms with Gasteiger partial charge in [0.2, 0.25) is 0 Å². The van der Waals surface area contributed by atoms with Crippen molar-refractivity contribution in [3.63, 3.8) is 0 Å². The van der Waals surface area contributed by atoms with E-state index in [4.69, 9.17) is 0 Å². The maximum absolute atomic E-state index is 9.82. The molecule has 19 heavy (non-hydrogen) atoms. The van der Waals surface area contributed by atoms with Crippen molar-refractivity contribution in [2.75, 3.05) is 11.9 Å². The van der Waals surface area contributed by atoms with E-state index in [1.165, 1.54) is 18.4 Å². The average Bonchev–Trinajstić information content (AvgIpc) is 2.43. The normalized spacial score (nSPS) is 15.7. The van der Waals surface area contributed by atoms with E-state index in [9.17, 15) is 10.4 Å². The molecule has 2 N–H and O–H groups in total. The minimum Gasteiger partial charge on any atom is -0.391 e. The van der Waals surface area contributed by atoms with Crippen LogP contribution in [0, 0.1) is 17.2 Å². The Hall–Kier alpha value is -1.60. The molecule has 0 radical (unpaired) electrons. The lowest BCUT2D eigenvalue weighted by atomic mass is 9.95. The van der Waals surface area contributed by atoms with Gasteiger partial charge in [0, 0.05) is 12.2 Å². The highest BCUT2D eigenvalue weighted by Gasteiger charge is 2.16. The predicted octanol–water partition coefficient (Wildman–Crippen LogP) is 2.26. The standard InChI is InChI=1S/C15H21N3O/c1-10(2)14(19)9-17-15-12(8-16)7-11-5-3-4-6-13(11)18-15/h7,10,14,19H,3-6,9H2,1-2H3,(H,17,18). The van der Waals surface area contributed by atoms with Crippen LogP contribution >= 0.6 is 0 Å². The highest BCUT2D eigenvalue weighted by molar-refractivity contribution is 5.54. The van der Waals surface area contributed by atoms with Gasteiger partial charge in [-0.1, -0.05) is 13.8 Å². The number of pyridine rings is 1. The molecule has 102 valence electrons. The topological polar surface area (TPSA) is 68.9 Å². The lowest BCUT2D eigenvalue weighted by molar-refractivity contribution is 0.138. The van der Waals surface area contributed by atoms with Gasteiger partial charge in [-0.2, -0.15) is 5.26 Å². The fourth-order valence-corrected chi connectivity index (χ4v) is 2.29. The number of nitrogens with one attached hydrogen (secondary N) is 1. The van der Waals surface area contributed by atoms with Crippen LogP contribution in [0.25, 0.3) is 0 Å². The number of fused-ring (bicyclic) bond motifs is 1. The third-order valence-corrected chi connectivity index (χ3v) is 3.67. The van der Waals surface area contributed by atoms with Gasteiger partial charge >= 0.3 is 0 Å². The Labute approximate surface area is 114 Å². The molecule has 0 fully saturated rings. The van der Waals surface area contributed by atoms with Crippen LogP contribution in [0.5, 0.6) is 0 Å². The number of nitriles is 1. The first kappa shape index (κ1) is 13.8. The third-order valence-electron chi connectivity index (χ3n) is 3.67. The zero-order valence-corrected chi connectivity index (χ0v) is 11.6. The molecule has 0 saturated heterocycles. The van der Waals surface area contributed by atoms with Crippen molar-refractivity contribution in [1.82, 2.24) is 4.98 Å². The first-order valence-corrected chi connectivity index (χ1v) is 6.96. The molecule has 4 nitrogen and oxygen atoms in total. The largest absolute Gasteiger partial charge is 0.391 e. The van der Waals surface area contributed by atoms with E-state index < -0.39 is 6.10 Å². The van der Waals surface area contributed by atoms with Crippen molar-refractivity contribution in [2.45, 2.75) is 45.6 Å². The number of aryl methyl sites for hydroxylation is 2. The van der Waals surface area contributed by atoms with E-state index in [1.807, 2.05) is 19.9 Å². The molecule has 0 amide bonds. The smallest absolute Gasteiger partial charge is 0.144 e. The Kier molecular flexibility index (Phi) is 4.39. The maximum atomic E-state index is 9.82. The summed E-state index contributed by atoms with van der Waals surface area (Å²) in [5.74, 6) is 0.804. The van der Waals surface area contributed by atoms with Crippen LogP contribution < -0.4 is 5.32 Å². The number of aliphatic hydroxyl groups excluding tert-OH is 1. The summed E-state index contributed by atoms with van der Waals surface area (Å²) in [4.78, 5) is 4.57. The van der Waals surface area contributed by atoms with E-state index >= 15 is 0 Å². The van der Waals surface area contributed by atoms with Gasteiger partial charge in [0.25, 0.3) is 0 Å². The highest BCUT2D eigenvalue weighted by Crippen LogP contribution is 2.24. The van der Waals surface area contributed by atoms with Crippen LogP contribution in [0.4, 0.5) is 5.82 Å². The molecule has 1 heterocycles. The Morgan fingerprint density at radius 3 is 2.84 bits per heavy atom. The van der Waals surface area contributed by atoms with Gasteiger partial charge in [-0.25, -0.2) is 4.98 Å². The minimum absolute atomic E-state index is 0.190. The van der Waals surface area contributed by atoms with Gasteiger partial charge in [0.1, 0.15) is 11.9 Å². The fraction of sp³-hybridized carbons (Fsp3) is 0.600. The summed E-state index contributed by atoms with van der Waals surface area (Å²) in [6.07, 6.45) is 3.93. The Bertz CT molecular complexity index is 491. The minimum atomic E-state index is -0.427. The summed E-state index contributed by atoms with van der Waals surface area (Å²) in [5, 5.41) is 22.1. The van der Waals surface area contributed by atoms with E-state index in [2.05, 4.69) is 16.4 Å². The zero-order valence-electron chi connectivity index (χ0n) is 11.6. The summed E-state index contributed by atoms with van der Waals surface area (Å²) in [6, 6.07) is 4.14.